The van der Waals surface area contributed by atoms with E-state index in [1.807, 2.05) is 72.6 Å². The number of carbonyl (C=O) groups excluding carboxylic acids is 1. The van der Waals surface area contributed by atoms with E-state index in [1.54, 1.807) is 11.8 Å². The number of carbonyl (C=O) groups is 1. The molecule has 0 fully saturated rings. The van der Waals surface area contributed by atoms with Crippen LogP contribution in [-0.4, -0.2) is 32.1 Å². The Morgan fingerprint density at radius 2 is 1.83 bits per heavy atom. The van der Waals surface area contributed by atoms with E-state index in [4.69, 9.17) is 5.73 Å². The summed E-state index contributed by atoms with van der Waals surface area (Å²) in [6, 6.07) is 13.3. The molecular formula is C19H20N2O5S3. The highest BCUT2D eigenvalue weighted by Crippen LogP contribution is 2.38. The number of nitrogens with two attached hydrogens (primary N) is 1. The van der Waals surface area contributed by atoms with Gasteiger partial charge in [-0.1, -0.05) is 30.3 Å². The Labute approximate surface area is 178 Å². The third-order valence-corrected chi connectivity index (χ3v) is 6.44. The summed E-state index contributed by atoms with van der Waals surface area (Å²) in [7, 11) is -3.60. The number of hydrogen-bond donors (Lipinski definition) is 1. The summed E-state index contributed by atoms with van der Waals surface area (Å²) in [5.74, 6) is -0.0251. The molecule has 0 saturated carbocycles. The van der Waals surface area contributed by atoms with Crippen LogP contribution in [-0.2, 0) is 14.6 Å². The zero-order valence-electron chi connectivity index (χ0n) is 16.0. The second-order valence-electron chi connectivity index (χ2n) is 5.74. The van der Waals surface area contributed by atoms with Crippen molar-refractivity contribution in [1.29, 1.82) is 0 Å². The molecule has 1 aromatic carbocycles. The lowest BCUT2D eigenvalue weighted by Crippen LogP contribution is -2.31. The van der Waals surface area contributed by atoms with Crippen molar-refractivity contribution in [2.45, 2.75) is 11.1 Å². The number of thiophene rings is 1. The van der Waals surface area contributed by atoms with Gasteiger partial charge in [0.25, 0.3) is 5.69 Å². The number of thioether (sulfide) groups is 1. The van der Waals surface area contributed by atoms with Crippen LogP contribution in [0.3, 0.4) is 0 Å². The van der Waals surface area contributed by atoms with E-state index in [-0.39, 0.29) is 5.78 Å². The zero-order chi connectivity index (χ0) is 21.6. The fourth-order valence-electron chi connectivity index (χ4n) is 2.42. The Bertz CT molecular complexity index is 1100. The number of pyridine rings is 1. The summed E-state index contributed by atoms with van der Waals surface area (Å²) in [4.78, 5) is 13.4. The lowest BCUT2D eigenvalue weighted by Gasteiger charge is -2.00. The van der Waals surface area contributed by atoms with Crippen LogP contribution in [0.25, 0.3) is 5.69 Å². The molecule has 154 valence electrons. The highest BCUT2D eigenvalue weighted by atomic mass is 32.3. The number of nitrogens with zero attached hydrogens (tertiary/aromatic N) is 1. The van der Waals surface area contributed by atoms with Gasteiger partial charge in [0.1, 0.15) is 14.8 Å². The minimum Gasteiger partial charge on any atom is -0.726 e. The normalized spacial score (nSPS) is 10.9. The number of aromatic nitrogens is 1. The van der Waals surface area contributed by atoms with Crippen LogP contribution >= 0.6 is 23.1 Å². The van der Waals surface area contributed by atoms with Crippen molar-refractivity contribution in [1.82, 2.24) is 0 Å². The van der Waals surface area contributed by atoms with Gasteiger partial charge in [0.15, 0.2) is 12.4 Å². The van der Waals surface area contributed by atoms with Crippen molar-refractivity contribution in [2.24, 2.45) is 0 Å². The first-order chi connectivity index (χ1) is 13.7. The lowest BCUT2D eigenvalue weighted by molar-refractivity contribution is -0.597. The van der Waals surface area contributed by atoms with E-state index in [9.17, 15) is 17.8 Å². The third kappa shape index (κ3) is 6.12. The number of rotatable bonds is 5. The second kappa shape index (κ2) is 9.99. The van der Waals surface area contributed by atoms with Gasteiger partial charge in [0.2, 0.25) is 16.2 Å². The molecule has 29 heavy (non-hydrogen) atoms. The topological polar surface area (TPSA) is 113 Å². The number of anilines is 1. The van der Waals surface area contributed by atoms with E-state index in [0.29, 0.717) is 16.1 Å². The molecule has 0 radical (unpaired) electrons. The highest BCUT2D eigenvalue weighted by molar-refractivity contribution is 8.00. The van der Waals surface area contributed by atoms with Gasteiger partial charge < -0.3 is 10.3 Å². The first kappa shape index (κ1) is 23.0. The van der Waals surface area contributed by atoms with Crippen molar-refractivity contribution in [3.8, 4) is 5.69 Å². The van der Waals surface area contributed by atoms with Crippen LogP contribution in [0.5, 0.6) is 0 Å². The van der Waals surface area contributed by atoms with Crippen LogP contribution in [0.15, 0.2) is 59.1 Å². The van der Waals surface area contributed by atoms with Gasteiger partial charge in [-0.05, 0) is 19.2 Å². The molecule has 0 aliphatic heterocycles. The quantitative estimate of drug-likeness (QED) is 0.208. The second-order valence-corrected chi connectivity index (χ2v) is 8.99. The smallest absolute Gasteiger partial charge is 0.259 e. The van der Waals surface area contributed by atoms with E-state index < -0.39 is 10.4 Å². The molecule has 0 saturated heterocycles. The van der Waals surface area contributed by atoms with Crippen LogP contribution in [0, 0.1) is 6.92 Å². The summed E-state index contributed by atoms with van der Waals surface area (Å²) >= 11 is 3.07. The maximum Gasteiger partial charge on any atom is 0.259 e. The summed E-state index contributed by atoms with van der Waals surface area (Å²) < 4.78 is 34.1. The fourth-order valence-corrected chi connectivity index (χ4v) is 4.32. The first-order valence-corrected chi connectivity index (χ1v) is 11.6. The molecule has 0 bridgehead atoms. The number of nitrogen functional groups attached to an aromatic ring is 1. The van der Waals surface area contributed by atoms with E-state index >= 15 is 0 Å². The molecule has 0 spiro atoms. The monoisotopic (exact) mass is 452 g/mol. The molecule has 0 unspecified atom stereocenters. The minimum atomic E-state index is -4.41. The summed E-state index contributed by atoms with van der Waals surface area (Å²) in [5.41, 5.74) is 9.60. The Balaban J connectivity index is 0.000000438. The van der Waals surface area contributed by atoms with E-state index in [0.717, 1.165) is 22.6 Å². The molecule has 10 heteroatoms. The number of ketones is 1. The molecule has 3 aromatic rings. The standard InChI is InChI=1S/C18H16N2OS2.CH4O4S/c1-12-7-6-10-20(11-12)15-14(19)17(23-18(15)22-2)16(21)13-8-4-3-5-9-13;1-5-6(2,3)4/h3-11H,1-2H3,(H-,19,21);1H3,(H,2,3,4). The SMILES string of the molecule is COS(=O)(=O)[O-].CSc1sc(C(=O)c2ccccc2)c(N)c1-[n+]1cccc(C)c1. The summed E-state index contributed by atoms with van der Waals surface area (Å²) in [6.07, 6.45) is 5.98. The van der Waals surface area contributed by atoms with Gasteiger partial charge in [0, 0.05) is 17.2 Å². The fraction of sp³-hybridized carbons (Fsp3) is 0.158. The third-order valence-electron chi connectivity index (χ3n) is 3.73. The van der Waals surface area contributed by atoms with Crippen molar-refractivity contribution in [2.75, 3.05) is 19.1 Å². The Morgan fingerprint density at radius 1 is 1.21 bits per heavy atom. The summed E-state index contributed by atoms with van der Waals surface area (Å²) in [6.45, 7) is 2.04. The number of hydrogen-bond acceptors (Lipinski definition) is 8. The molecule has 7 nitrogen and oxygen atoms in total. The zero-order valence-corrected chi connectivity index (χ0v) is 18.4. The number of benzene rings is 1. The Morgan fingerprint density at radius 3 is 2.34 bits per heavy atom. The molecule has 2 N–H and O–H groups in total. The van der Waals surface area contributed by atoms with Crippen LogP contribution in [0.2, 0.25) is 0 Å². The van der Waals surface area contributed by atoms with Crippen molar-refractivity contribution < 1.29 is 26.5 Å². The van der Waals surface area contributed by atoms with E-state index in [2.05, 4.69) is 4.18 Å². The van der Waals surface area contributed by atoms with Crippen molar-refractivity contribution in [3.05, 3.63) is 70.9 Å². The highest BCUT2D eigenvalue weighted by Gasteiger charge is 2.27. The Kier molecular flexibility index (Phi) is 7.94. The van der Waals surface area contributed by atoms with Gasteiger partial charge in [-0.3, -0.25) is 8.98 Å². The molecule has 0 atom stereocenters. The maximum absolute atomic E-state index is 12.8. The largest absolute Gasteiger partial charge is 0.726 e. The van der Waals surface area contributed by atoms with Gasteiger partial charge in [0.05, 0.1) is 7.11 Å². The Hall–Kier alpha value is -2.24. The van der Waals surface area contributed by atoms with E-state index in [1.165, 1.54) is 11.3 Å². The molecule has 0 aliphatic carbocycles. The molecule has 3 rings (SSSR count). The van der Waals surface area contributed by atoms with Crippen molar-refractivity contribution >= 4 is 45.0 Å². The van der Waals surface area contributed by atoms with Gasteiger partial charge in [-0.25, -0.2) is 8.42 Å². The maximum atomic E-state index is 12.8. The molecule has 0 amide bonds. The predicted octanol–water partition coefficient (Wildman–Crippen LogP) is 2.96. The molecule has 2 aromatic heterocycles. The minimum absolute atomic E-state index is 0.0251. The average molecular weight is 453 g/mol. The molecule has 2 heterocycles. The van der Waals surface area contributed by atoms with Gasteiger partial charge in [-0.2, -0.15) is 4.57 Å². The molecule has 0 aliphatic rings. The predicted molar refractivity (Wildman–Crippen MR) is 113 cm³/mol. The lowest BCUT2D eigenvalue weighted by atomic mass is 10.1. The van der Waals surface area contributed by atoms with Gasteiger partial charge >= 0.3 is 0 Å². The van der Waals surface area contributed by atoms with Crippen LogP contribution < -0.4 is 10.3 Å². The summed E-state index contributed by atoms with van der Waals surface area (Å²) in [5, 5.41) is 0. The van der Waals surface area contributed by atoms with Crippen molar-refractivity contribution in [3.63, 3.8) is 0 Å². The average Bonchev–Trinajstić information content (AvgIpc) is 3.04. The molecular weight excluding hydrogens is 432 g/mol. The van der Waals surface area contributed by atoms with Gasteiger partial charge in [-0.15, -0.1) is 23.1 Å². The first-order valence-electron chi connectivity index (χ1n) is 8.23. The van der Waals surface area contributed by atoms with Crippen LogP contribution in [0.1, 0.15) is 20.8 Å². The van der Waals surface area contributed by atoms with Crippen LogP contribution in [0.4, 0.5) is 5.69 Å². The number of aryl methyl sites for hydroxylation is 1.